The summed E-state index contributed by atoms with van der Waals surface area (Å²) in [5.41, 5.74) is 0.102. The number of phenolic OH excluding ortho intramolecular Hbond substituents is 1. The highest BCUT2D eigenvalue weighted by Crippen LogP contribution is 2.47. The van der Waals surface area contributed by atoms with E-state index in [0.29, 0.717) is 19.5 Å². The van der Waals surface area contributed by atoms with Gasteiger partial charge in [-0.2, -0.15) is 0 Å². The average Bonchev–Trinajstić information content (AvgIpc) is 2.91. The fourth-order valence-corrected chi connectivity index (χ4v) is 3.90. The van der Waals surface area contributed by atoms with Crippen LogP contribution in [0, 0.1) is 11.3 Å². The molecule has 1 amide bonds. The Bertz CT molecular complexity index is 583. The van der Waals surface area contributed by atoms with Gasteiger partial charge in [-0.15, -0.1) is 0 Å². The van der Waals surface area contributed by atoms with E-state index >= 15 is 0 Å². The van der Waals surface area contributed by atoms with E-state index in [0.717, 1.165) is 24.8 Å². The van der Waals surface area contributed by atoms with Crippen molar-refractivity contribution >= 4 is 11.9 Å². The van der Waals surface area contributed by atoms with Crippen LogP contribution in [0.15, 0.2) is 24.3 Å². The van der Waals surface area contributed by atoms with Crippen molar-refractivity contribution in [1.82, 2.24) is 4.90 Å². The zero-order chi connectivity index (χ0) is 15.7. The highest BCUT2D eigenvalue weighted by atomic mass is 16.4. The number of aliphatic carboxylic acids is 1. The molecule has 2 atom stereocenters. The van der Waals surface area contributed by atoms with Gasteiger partial charge in [0.1, 0.15) is 5.75 Å². The normalized spacial score (nSPS) is 27.5. The minimum absolute atomic E-state index is 0.0271. The lowest BCUT2D eigenvalue weighted by Gasteiger charge is -2.34. The maximum absolute atomic E-state index is 12.5. The van der Waals surface area contributed by atoms with Gasteiger partial charge in [-0.3, -0.25) is 9.59 Å². The first-order valence-electron chi connectivity index (χ1n) is 7.80. The lowest BCUT2D eigenvalue weighted by molar-refractivity contribution is -0.152. The first kappa shape index (κ1) is 14.9. The molecule has 1 saturated heterocycles. The van der Waals surface area contributed by atoms with E-state index in [4.69, 9.17) is 0 Å². The molecule has 1 aromatic carbocycles. The number of carbonyl (C=O) groups is 2. The number of phenols is 1. The lowest BCUT2D eigenvalue weighted by atomic mass is 9.68. The van der Waals surface area contributed by atoms with Crippen LogP contribution in [0.4, 0.5) is 0 Å². The summed E-state index contributed by atoms with van der Waals surface area (Å²) in [6, 6.07) is 6.57. The molecule has 1 heterocycles. The Kier molecular flexibility index (Phi) is 3.81. The molecule has 0 unspecified atom stereocenters. The van der Waals surface area contributed by atoms with Gasteiger partial charge in [-0.1, -0.05) is 25.0 Å². The van der Waals surface area contributed by atoms with Crippen molar-refractivity contribution in [3.05, 3.63) is 29.8 Å². The Hall–Kier alpha value is -2.04. The number of benzene rings is 1. The second kappa shape index (κ2) is 5.63. The molecule has 22 heavy (non-hydrogen) atoms. The number of hydrogen-bond donors (Lipinski definition) is 2. The molecule has 1 saturated carbocycles. The van der Waals surface area contributed by atoms with Gasteiger partial charge >= 0.3 is 5.97 Å². The Balaban J connectivity index is 1.72. The van der Waals surface area contributed by atoms with Crippen LogP contribution in [0.25, 0.3) is 0 Å². The summed E-state index contributed by atoms with van der Waals surface area (Å²) in [6.45, 7) is 0.896. The van der Waals surface area contributed by atoms with Crippen molar-refractivity contribution in [3.63, 3.8) is 0 Å². The van der Waals surface area contributed by atoms with E-state index in [9.17, 15) is 19.8 Å². The van der Waals surface area contributed by atoms with Gasteiger partial charge in [0.25, 0.3) is 0 Å². The molecule has 2 fully saturated rings. The van der Waals surface area contributed by atoms with E-state index in [1.165, 1.54) is 0 Å². The smallest absolute Gasteiger partial charge is 0.311 e. The predicted octanol–water partition coefficient (Wildman–Crippen LogP) is 2.04. The zero-order valence-corrected chi connectivity index (χ0v) is 12.5. The Morgan fingerprint density at radius 3 is 2.59 bits per heavy atom. The molecule has 0 aromatic heterocycles. The molecule has 0 bridgehead atoms. The number of rotatable bonds is 3. The van der Waals surface area contributed by atoms with Gasteiger partial charge in [0.05, 0.1) is 11.8 Å². The molecule has 118 valence electrons. The quantitative estimate of drug-likeness (QED) is 0.895. The number of nitrogens with zero attached hydrogens (tertiary/aromatic N) is 1. The van der Waals surface area contributed by atoms with Crippen molar-refractivity contribution in [2.24, 2.45) is 11.3 Å². The average molecular weight is 303 g/mol. The molecule has 1 aromatic rings. The molecule has 5 heteroatoms. The number of hydrogen-bond acceptors (Lipinski definition) is 3. The van der Waals surface area contributed by atoms with E-state index in [1.807, 2.05) is 0 Å². The third kappa shape index (κ3) is 2.56. The monoisotopic (exact) mass is 303 g/mol. The summed E-state index contributed by atoms with van der Waals surface area (Å²) in [7, 11) is 0. The first-order chi connectivity index (χ1) is 10.5. The minimum Gasteiger partial charge on any atom is -0.508 e. The molecule has 5 nitrogen and oxygen atoms in total. The summed E-state index contributed by atoms with van der Waals surface area (Å²) in [5.74, 6) is -0.520. The SMILES string of the molecule is O=C(Cc1ccc(O)cc1)N1C[C@H]2CCCC[C@@]2(C(=O)O)C1. The van der Waals surface area contributed by atoms with Gasteiger partial charge in [0.15, 0.2) is 0 Å². The summed E-state index contributed by atoms with van der Waals surface area (Å²) >= 11 is 0. The Morgan fingerprint density at radius 1 is 1.23 bits per heavy atom. The van der Waals surface area contributed by atoms with Gasteiger partial charge < -0.3 is 15.1 Å². The topological polar surface area (TPSA) is 77.8 Å². The van der Waals surface area contributed by atoms with Crippen molar-refractivity contribution in [2.75, 3.05) is 13.1 Å². The largest absolute Gasteiger partial charge is 0.508 e. The van der Waals surface area contributed by atoms with Crippen LogP contribution in [0.2, 0.25) is 0 Å². The molecule has 0 spiro atoms. The molecular formula is C17H21NO4. The van der Waals surface area contributed by atoms with Gasteiger partial charge in [-0.25, -0.2) is 0 Å². The minimum atomic E-state index is -0.753. The molecule has 2 N–H and O–H groups in total. The second-order valence-corrected chi connectivity index (χ2v) is 6.52. The third-order valence-electron chi connectivity index (χ3n) is 5.19. The molecule has 0 radical (unpaired) electrons. The number of amides is 1. The number of carboxylic acids is 1. The summed E-state index contributed by atoms with van der Waals surface area (Å²) in [4.78, 5) is 26.0. The van der Waals surface area contributed by atoms with Gasteiger partial charge in [-0.05, 0) is 36.5 Å². The zero-order valence-electron chi connectivity index (χ0n) is 12.5. The van der Waals surface area contributed by atoms with Crippen molar-refractivity contribution in [2.45, 2.75) is 32.1 Å². The van der Waals surface area contributed by atoms with Crippen LogP contribution >= 0.6 is 0 Å². The molecule has 3 rings (SSSR count). The van der Waals surface area contributed by atoms with E-state index in [2.05, 4.69) is 0 Å². The second-order valence-electron chi connectivity index (χ2n) is 6.52. The van der Waals surface area contributed by atoms with Crippen LogP contribution in [-0.2, 0) is 16.0 Å². The Morgan fingerprint density at radius 2 is 1.95 bits per heavy atom. The van der Waals surface area contributed by atoms with E-state index in [-0.39, 0.29) is 24.0 Å². The standard InChI is InChI=1S/C17H21NO4/c19-14-6-4-12(5-7-14)9-15(20)18-10-13-3-1-2-8-17(13,11-18)16(21)22/h4-7,13,19H,1-3,8-11H2,(H,21,22)/t13-,17-/m1/s1. The molecule has 1 aliphatic heterocycles. The summed E-state index contributed by atoms with van der Waals surface area (Å²) in [6.07, 6.45) is 3.82. The van der Waals surface area contributed by atoms with Crippen molar-refractivity contribution in [1.29, 1.82) is 0 Å². The maximum atomic E-state index is 12.5. The van der Waals surface area contributed by atoms with Crippen molar-refractivity contribution in [3.8, 4) is 5.75 Å². The number of carboxylic acid groups (broad SMARTS) is 1. The van der Waals surface area contributed by atoms with Crippen LogP contribution in [0.3, 0.4) is 0 Å². The highest BCUT2D eigenvalue weighted by Gasteiger charge is 2.53. The summed E-state index contributed by atoms with van der Waals surface area (Å²) < 4.78 is 0. The van der Waals surface area contributed by atoms with Crippen LogP contribution in [0.5, 0.6) is 5.75 Å². The fourth-order valence-electron chi connectivity index (χ4n) is 3.90. The van der Waals surface area contributed by atoms with Crippen LogP contribution in [-0.4, -0.2) is 40.1 Å². The molecule has 1 aliphatic carbocycles. The van der Waals surface area contributed by atoms with Crippen molar-refractivity contribution < 1.29 is 19.8 Å². The molecular weight excluding hydrogens is 282 g/mol. The van der Waals surface area contributed by atoms with Gasteiger partial charge in [0.2, 0.25) is 5.91 Å². The number of aromatic hydroxyl groups is 1. The molecule has 2 aliphatic rings. The van der Waals surface area contributed by atoms with E-state index in [1.54, 1.807) is 29.2 Å². The van der Waals surface area contributed by atoms with E-state index < -0.39 is 11.4 Å². The number of carbonyl (C=O) groups excluding carboxylic acids is 1. The fraction of sp³-hybridized carbons (Fsp3) is 0.529. The van der Waals surface area contributed by atoms with Gasteiger partial charge in [0, 0.05) is 13.1 Å². The Labute approximate surface area is 129 Å². The predicted molar refractivity (Wildman–Crippen MR) is 80.4 cm³/mol. The number of likely N-dealkylation sites (tertiary alicyclic amines) is 1. The lowest BCUT2D eigenvalue weighted by Crippen LogP contribution is -2.41. The first-order valence-corrected chi connectivity index (χ1v) is 7.80. The maximum Gasteiger partial charge on any atom is 0.311 e. The van der Waals surface area contributed by atoms with Crippen LogP contribution < -0.4 is 0 Å². The summed E-state index contributed by atoms with van der Waals surface area (Å²) in [5, 5.41) is 18.9. The third-order valence-corrected chi connectivity index (χ3v) is 5.19. The number of fused-ring (bicyclic) bond motifs is 1. The highest BCUT2D eigenvalue weighted by molar-refractivity contribution is 5.82. The van der Waals surface area contributed by atoms with Crippen LogP contribution in [0.1, 0.15) is 31.2 Å².